The summed E-state index contributed by atoms with van der Waals surface area (Å²) in [7, 11) is 0. The molecule has 0 bridgehead atoms. The Hall–Kier alpha value is -3.75. The second-order valence-corrected chi connectivity index (χ2v) is 8.86. The van der Waals surface area contributed by atoms with Crippen LogP contribution in [0, 0.1) is 5.82 Å². The molecule has 9 heteroatoms. The van der Waals surface area contributed by atoms with E-state index in [-0.39, 0.29) is 29.6 Å². The highest BCUT2D eigenvalue weighted by Gasteiger charge is 2.42. The number of carbonyl (C=O) groups is 1. The van der Waals surface area contributed by atoms with Crippen LogP contribution < -0.4 is 10.6 Å². The quantitative estimate of drug-likeness (QED) is 0.349. The topological polar surface area (TPSA) is 62.2 Å². The molecule has 1 aliphatic rings. The molecule has 2 N–H and O–H groups in total. The van der Waals surface area contributed by atoms with Crippen LogP contribution in [0.1, 0.15) is 23.5 Å². The molecule has 4 aromatic rings. The number of aromatic nitrogens is 2. The highest BCUT2D eigenvalue weighted by Crippen LogP contribution is 2.39. The van der Waals surface area contributed by atoms with Gasteiger partial charge in [0.05, 0.1) is 22.8 Å². The number of hydrogen-bond acceptors (Lipinski definition) is 3. The Morgan fingerprint density at radius 2 is 1.89 bits per heavy atom. The molecule has 2 aromatic heterocycles. The Kier molecular flexibility index (Phi) is 6.48. The molecule has 3 heterocycles. The van der Waals surface area contributed by atoms with Crippen LogP contribution in [0.25, 0.3) is 5.69 Å². The number of nitrogens with zero attached hydrogens (tertiary/aromatic N) is 3. The number of nitrogens with one attached hydrogen (secondary N) is 2. The van der Waals surface area contributed by atoms with Crippen molar-refractivity contribution in [3.63, 3.8) is 0 Å². The van der Waals surface area contributed by atoms with Gasteiger partial charge in [-0.25, -0.2) is 4.39 Å². The van der Waals surface area contributed by atoms with E-state index in [1.54, 1.807) is 18.3 Å². The van der Waals surface area contributed by atoms with Gasteiger partial charge in [0.1, 0.15) is 12.4 Å². The molecule has 0 saturated carbocycles. The zero-order chi connectivity index (χ0) is 24.4. The van der Waals surface area contributed by atoms with Crippen molar-refractivity contribution in [1.82, 2.24) is 19.8 Å². The van der Waals surface area contributed by atoms with Crippen LogP contribution in [0.4, 0.5) is 10.1 Å². The summed E-state index contributed by atoms with van der Waals surface area (Å²) >= 11 is 11.7. The van der Waals surface area contributed by atoms with Gasteiger partial charge in [-0.2, -0.15) is 0 Å². The van der Waals surface area contributed by atoms with Gasteiger partial charge in [-0.05, 0) is 66.8 Å². The maximum Gasteiger partial charge on any atom is 0.244 e. The molecule has 1 amide bonds. The SMILES string of the molecule is O=C(CN1C(=S)N[C@@H](c2ccccn2)[C@@H]1c1cccn1-c1ccc(F)c(Cl)c1)Nc1ccccc1. The van der Waals surface area contributed by atoms with E-state index in [0.29, 0.717) is 16.5 Å². The van der Waals surface area contributed by atoms with Crippen molar-refractivity contribution >= 4 is 40.5 Å². The summed E-state index contributed by atoms with van der Waals surface area (Å²) in [5.41, 5.74) is 3.04. The highest BCUT2D eigenvalue weighted by atomic mass is 35.5. The molecule has 1 saturated heterocycles. The van der Waals surface area contributed by atoms with Gasteiger partial charge in [0, 0.05) is 29.5 Å². The van der Waals surface area contributed by atoms with E-state index < -0.39 is 5.82 Å². The second kappa shape index (κ2) is 9.85. The minimum Gasteiger partial charge on any atom is -0.352 e. The van der Waals surface area contributed by atoms with Gasteiger partial charge in [-0.15, -0.1) is 0 Å². The molecule has 0 unspecified atom stereocenters. The predicted molar refractivity (Wildman–Crippen MR) is 138 cm³/mol. The van der Waals surface area contributed by atoms with Crippen LogP contribution >= 0.6 is 23.8 Å². The van der Waals surface area contributed by atoms with Crippen molar-refractivity contribution in [3.05, 3.63) is 113 Å². The van der Waals surface area contributed by atoms with Crippen LogP contribution in [0.15, 0.2) is 91.3 Å². The van der Waals surface area contributed by atoms with E-state index in [4.69, 9.17) is 23.8 Å². The van der Waals surface area contributed by atoms with Crippen molar-refractivity contribution in [1.29, 1.82) is 0 Å². The number of thiocarbonyl (C=S) groups is 1. The molecule has 176 valence electrons. The van der Waals surface area contributed by atoms with Gasteiger partial charge in [0.2, 0.25) is 5.91 Å². The van der Waals surface area contributed by atoms with E-state index in [1.165, 1.54) is 6.07 Å². The lowest BCUT2D eigenvalue weighted by Gasteiger charge is -2.28. The van der Waals surface area contributed by atoms with Gasteiger partial charge in [0.25, 0.3) is 0 Å². The van der Waals surface area contributed by atoms with Gasteiger partial charge in [0.15, 0.2) is 5.11 Å². The van der Waals surface area contributed by atoms with Gasteiger partial charge < -0.3 is 20.1 Å². The van der Waals surface area contributed by atoms with Crippen LogP contribution in [0.5, 0.6) is 0 Å². The Labute approximate surface area is 212 Å². The fourth-order valence-corrected chi connectivity index (χ4v) is 4.76. The summed E-state index contributed by atoms with van der Waals surface area (Å²) < 4.78 is 15.8. The highest BCUT2D eigenvalue weighted by molar-refractivity contribution is 7.80. The maximum absolute atomic E-state index is 13.8. The Bertz CT molecular complexity index is 1360. The minimum atomic E-state index is -0.488. The first-order valence-corrected chi connectivity index (χ1v) is 11.8. The summed E-state index contributed by atoms with van der Waals surface area (Å²) in [6.45, 7) is 0.0318. The zero-order valence-electron chi connectivity index (χ0n) is 18.4. The summed E-state index contributed by atoms with van der Waals surface area (Å²) in [5.74, 6) is -0.687. The molecule has 0 aliphatic carbocycles. The molecule has 6 nitrogen and oxygen atoms in total. The van der Waals surface area contributed by atoms with E-state index >= 15 is 0 Å². The molecular weight excluding hydrogens is 485 g/mol. The van der Waals surface area contributed by atoms with Crippen molar-refractivity contribution in [2.24, 2.45) is 0 Å². The van der Waals surface area contributed by atoms with Crippen molar-refractivity contribution < 1.29 is 9.18 Å². The molecule has 1 aliphatic heterocycles. The van der Waals surface area contributed by atoms with E-state index in [1.807, 2.05) is 76.3 Å². The molecule has 35 heavy (non-hydrogen) atoms. The number of rotatable bonds is 6. The predicted octanol–water partition coefficient (Wildman–Crippen LogP) is 5.28. The van der Waals surface area contributed by atoms with Gasteiger partial charge in [-0.1, -0.05) is 35.9 Å². The number of para-hydroxylation sites is 1. The Morgan fingerprint density at radius 3 is 2.63 bits per heavy atom. The lowest BCUT2D eigenvalue weighted by atomic mass is 10.0. The molecule has 2 atom stereocenters. The normalized spacial score (nSPS) is 17.3. The van der Waals surface area contributed by atoms with Crippen LogP contribution in [0.3, 0.4) is 0 Å². The standard InChI is InChI=1S/C26H21ClFN5OS/c27-19-15-18(11-12-20(19)28)32-14-6-10-22(32)25-24(21-9-4-5-13-29-21)31-26(35)33(25)16-23(34)30-17-7-2-1-3-8-17/h1-15,24-25H,16H2,(H,30,34)(H,31,35)/t24-,25-/m0/s1. The van der Waals surface area contributed by atoms with Crippen molar-refractivity contribution in [2.45, 2.75) is 12.1 Å². The third-order valence-electron chi connectivity index (χ3n) is 5.83. The second-order valence-electron chi connectivity index (χ2n) is 8.07. The summed E-state index contributed by atoms with van der Waals surface area (Å²) in [5, 5.41) is 6.74. The minimum absolute atomic E-state index is 0.0302. The van der Waals surface area contributed by atoms with Crippen LogP contribution in [-0.2, 0) is 4.79 Å². The molecule has 0 radical (unpaired) electrons. The number of pyridine rings is 1. The Balaban J connectivity index is 1.52. The smallest absolute Gasteiger partial charge is 0.244 e. The first-order chi connectivity index (χ1) is 17.0. The maximum atomic E-state index is 13.8. The van der Waals surface area contributed by atoms with Crippen molar-refractivity contribution in [2.75, 3.05) is 11.9 Å². The Morgan fingerprint density at radius 1 is 1.09 bits per heavy atom. The van der Waals surface area contributed by atoms with Crippen LogP contribution in [0.2, 0.25) is 5.02 Å². The number of carbonyl (C=O) groups excluding carboxylic acids is 1. The third kappa shape index (κ3) is 4.76. The number of anilines is 1. The van der Waals surface area contributed by atoms with Crippen LogP contribution in [-0.4, -0.2) is 32.0 Å². The van der Waals surface area contributed by atoms with Gasteiger partial charge >= 0.3 is 0 Å². The monoisotopic (exact) mass is 505 g/mol. The average molecular weight is 506 g/mol. The average Bonchev–Trinajstić information content (AvgIpc) is 3.46. The zero-order valence-corrected chi connectivity index (χ0v) is 20.0. The molecular formula is C26H21ClFN5OS. The molecule has 1 fully saturated rings. The lowest BCUT2D eigenvalue weighted by Crippen LogP contribution is -2.37. The van der Waals surface area contributed by atoms with E-state index in [2.05, 4.69) is 15.6 Å². The van der Waals surface area contributed by atoms with Gasteiger partial charge in [-0.3, -0.25) is 9.78 Å². The molecule has 0 spiro atoms. The van der Waals surface area contributed by atoms with Crippen molar-refractivity contribution in [3.8, 4) is 5.69 Å². The third-order valence-corrected chi connectivity index (χ3v) is 6.48. The fourth-order valence-electron chi connectivity index (χ4n) is 4.28. The van der Waals surface area contributed by atoms with E-state index in [0.717, 1.165) is 11.4 Å². The molecule has 5 rings (SSSR count). The summed E-state index contributed by atoms with van der Waals surface area (Å²) in [6, 6.07) is 22.7. The summed E-state index contributed by atoms with van der Waals surface area (Å²) in [6.07, 6.45) is 3.60. The first kappa shape index (κ1) is 23.0. The lowest BCUT2D eigenvalue weighted by molar-refractivity contribution is -0.116. The fraction of sp³-hybridized carbons (Fsp3) is 0.115. The van der Waals surface area contributed by atoms with E-state index in [9.17, 15) is 9.18 Å². The summed E-state index contributed by atoms with van der Waals surface area (Å²) in [4.78, 5) is 19.4. The molecule has 2 aromatic carbocycles. The number of halogens is 2. The first-order valence-electron chi connectivity index (χ1n) is 11.0. The largest absolute Gasteiger partial charge is 0.352 e. The number of amides is 1. The number of hydrogen-bond donors (Lipinski definition) is 2. The number of benzene rings is 2.